The Morgan fingerprint density at radius 1 is 0.889 bits per heavy atom. The quantitative estimate of drug-likeness (QED) is 0.251. The first kappa shape index (κ1) is 26.2. The van der Waals surface area contributed by atoms with Crippen LogP contribution in [0.5, 0.6) is 5.75 Å². The minimum atomic E-state index is -0.904. The van der Waals surface area contributed by atoms with Crippen LogP contribution in [0.25, 0.3) is 0 Å². The second kappa shape index (κ2) is 12.3. The van der Waals surface area contributed by atoms with Crippen molar-refractivity contribution in [2.45, 2.75) is 34.1 Å². The Kier molecular flexibility index (Phi) is 8.94. The van der Waals surface area contributed by atoms with E-state index >= 15 is 0 Å². The number of hydrogen-bond donors (Lipinski definition) is 3. The predicted molar refractivity (Wildman–Crippen MR) is 141 cm³/mol. The molecule has 0 saturated carbocycles. The molecule has 3 amide bonds. The van der Waals surface area contributed by atoms with Crippen molar-refractivity contribution in [3.05, 3.63) is 88.5 Å². The first-order chi connectivity index (χ1) is 17.3. The topological polar surface area (TPSA) is 109 Å². The smallest absolute Gasteiger partial charge is 0.329 e. The Labute approximate surface area is 210 Å². The molecule has 0 heterocycles. The fraction of sp³-hybridized carbons (Fsp3) is 0.214. The summed E-state index contributed by atoms with van der Waals surface area (Å²) in [4.78, 5) is 36.9. The Morgan fingerprint density at radius 3 is 2.28 bits per heavy atom. The van der Waals surface area contributed by atoms with Crippen LogP contribution >= 0.6 is 0 Å². The first-order valence-corrected chi connectivity index (χ1v) is 11.6. The number of hydrogen-bond acceptors (Lipinski definition) is 5. The van der Waals surface area contributed by atoms with Crippen molar-refractivity contribution in [3.63, 3.8) is 0 Å². The van der Waals surface area contributed by atoms with E-state index in [9.17, 15) is 14.4 Å². The standard InChI is InChI=1S/C28H30N4O4/c1-5-21-10-6-8-12-23(21)30-27(34)28(35)32-29-16-22-11-7-9-13-24(22)36-17-25(33)31-26-19(3)14-18(2)15-20(26)4/h6-16H,5,17H2,1-4H3,(H,30,34)(H,31,33)(H,32,35)/b29-16-. The zero-order valence-electron chi connectivity index (χ0n) is 20.8. The van der Waals surface area contributed by atoms with Gasteiger partial charge in [0.2, 0.25) is 0 Å². The highest BCUT2D eigenvalue weighted by Crippen LogP contribution is 2.22. The number of nitrogens with one attached hydrogen (secondary N) is 3. The fourth-order valence-electron chi connectivity index (χ4n) is 3.76. The number of ether oxygens (including phenoxy) is 1. The minimum Gasteiger partial charge on any atom is -0.483 e. The molecule has 3 rings (SSSR count). The van der Waals surface area contributed by atoms with Crippen molar-refractivity contribution in [3.8, 4) is 5.75 Å². The van der Waals surface area contributed by atoms with Crippen LogP contribution < -0.4 is 20.8 Å². The minimum absolute atomic E-state index is 0.205. The van der Waals surface area contributed by atoms with Gasteiger partial charge in [-0.15, -0.1) is 0 Å². The molecule has 8 nitrogen and oxygen atoms in total. The fourth-order valence-corrected chi connectivity index (χ4v) is 3.76. The molecule has 0 unspecified atom stereocenters. The average Bonchev–Trinajstić information content (AvgIpc) is 2.85. The summed E-state index contributed by atoms with van der Waals surface area (Å²) in [5, 5.41) is 9.35. The van der Waals surface area contributed by atoms with Gasteiger partial charge < -0.3 is 15.4 Å². The molecular weight excluding hydrogens is 456 g/mol. The largest absolute Gasteiger partial charge is 0.483 e. The maximum absolute atomic E-state index is 12.5. The number of carbonyl (C=O) groups excluding carboxylic acids is 3. The highest BCUT2D eigenvalue weighted by atomic mass is 16.5. The molecule has 8 heteroatoms. The molecule has 186 valence electrons. The average molecular weight is 487 g/mol. The highest BCUT2D eigenvalue weighted by Gasteiger charge is 2.14. The summed E-state index contributed by atoms with van der Waals surface area (Å²) in [6.45, 7) is 7.65. The van der Waals surface area contributed by atoms with Crippen molar-refractivity contribution in [1.82, 2.24) is 5.43 Å². The van der Waals surface area contributed by atoms with Crippen LogP contribution in [0.2, 0.25) is 0 Å². The van der Waals surface area contributed by atoms with Gasteiger partial charge in [0.15, 0.2) is 6.61 Å². The summed E-state index contributed by atoms with van der Waals surface area (Å²) in [5.41, 5.74) is 8.10. The Hall–Kier alpha value is -4.46. The van der Waals surface area contributed by atoms with Crippen molar-refractivity contribution < 1.29 is 19.1 Å². The molecular formula is C28H30N4O4. The molecule has 0 saturated heterocycles. The first-order valence-electron chi connectivity index (χ1n) is 11.6. The van der Waals surface area contributed by atoms with E-state index in [-0.39, 0.29) is 12.5 Å². The summed E-state index contributed by atoms with van der Waals surface area (Å²) in [7, 11) is 0. The third kappa shape index (κ3) is 7.02. The molecule has 0 bridgehead atoms. The summed E-state index contributed by atoms with van der Waals surface area (Å²) in [6.07, 6.45) is 2.07. The molecule has 0 atom stereocenters. The van der Waals surface area contributed by atoms with Crippen molar-refractivity contribution in [1.29, 1.82) is 0 Å². The summed E-state index contributed by atoms with van der Waals surface area (Å²) in [6, 6.07) is 18.2. The molecule has 0 aliphatic carbocycles. The number of rotatable bonds is 8. The lowest BCUT2D eigenvalue weighted by atomic mass is 10.1. The molecule has 3 N–H and O–H groups in total. The van der Waals surface area contributed by atoms with Crippen LogP contribution in [0.1, 0.15) is 34.7 Å². The second-order valence-electron chi connectivity index (χ2n) is 8.31. The Balaban J connectivity index is 1.57. The third-order valence-corrected chi connectivity index (χ3v) is 5.44. The summed E-state index contributed by atoms with van der Waals surface area (Å²) >= 11 is 0. The number of carbonyl (C=O) groups is 3. The van der Waals surface area contributed by atoms with Crippen molar-refractivity contribution in [2.75, 3.05) is 17.2 Å². The van der Waals surface area contributed by atoms with Gasteiger partial charge in [-0.25, -0.2) is 5.43 Å². The zero-order chi connectivity index (χ0) is 26.1. The monoisotopic (exact) mass is 486 g/mol. The van der Waals surface area contributed by atoms with Gasteiger partial charge in [-0.3, -0.25) is 14.4 Å². The lowest BCUT2D eigenvalue weighted by Gasteiger charge is -2.14. The van der Waals surface area contributed by atoms with Crippen LogP contribution in [0.3, 0.4) is 0 Å². The van der Waals surface area contributed by atoms with Crippen LogP contribution in [-0.4, -0.2) is 30.5 Å². The van der Waals surface area contributed by atoms with Gasteiger partial charge in [-0.05, 0) is 62.1 Å². The lowest BCUT2D eigenvalue weighted by Crippen LogP contribution is -2.32. The number of hydrazone groups is 1. The van der Waals surface area contributed by atoms with Crippen LogP contribution in [0, 0.1) is 20.8 Å². The Bertz CT molecular complexity index is 1280. The molecule has 36 heavy (non-hydrogen) atoms. The molecule has 0 aromatic heterocycles. The van der Waals surface area contributed by atoms with Gasteiger partial charge in [0.1, 0.15) is 5.75 Å². The van der Waals surface area contributed by atoms with Gasteiger partial charge >= 0.3 is 11.8 Å². The van der Waals surface area contributed by atoms with E-state index in [1.807, 2.05) is 52.0 Å². The molecule has 0 aliphatic heterocycles. The zero-order valence-corrected chi connectivity index (χ0v) is 20.8. The van der Waals surface area contributed by atoms with Crippen molar-refractivity contribution in [2.24, 2.45) is 5.10 Å². The molecule has 0 fully saturated rings. The van der Waals surface area contributed by atoms with E-state index < -0.39 is 11.8 Å². The van der Waals surface area contributed by atoms with Crippen LogP contribution in [-0.2, 0) is 20.8 Å². The number of para-hydroxylation sites is 2. The van der Waals surface area contributed by atoms with Gasteiger partial charge in [0.25, 0.3) is 5.91 Å². The number of benzene rings is 3. The van der Waals surface area contributed by atoms with E-state index in [0.29, 0.717) is 17.0 Å². The van der Waals surface area contributed by atoms with E-state index in [1.165, 1.54) is 6.21 Å². The van der Waals surface area contributed by atoms with E-state index in [2.05, 4.69) is 21.2 Å². The number of amides is 3. The molecule has 3 aromatic rings. The van der Waals surface area contributed by atoms with Gasteiger partial charge in [-0.1, -0.05) is 55.0 Å². The normalized spacial score (nSPS) is 10.7. The van der Waals surface area contributed by atoms with Gasteiger partial charge in [0.05, 0.1) is 6.21 Å². The molecule has 0 radical (unpaired) electrons. The van der Waals surface area contributed by atoms with Crippen molar-refractivity contribution >= 4 is 35.3 Å². The third-order valence-electron chi connectivity index (χ3n) is 5.44. The van der Waals surface area contributed by atoms with Crippen LogP contribution in [0.15, 0.2) is 65.8 Å². The van der Waals surface area contributed by atoms with E-state index in [0.717, 1.165) is 34.4 Å². The molecule has 0 aliphatic rings. The number of anilines is 2. The maximum Gasteiger partial charge on any atom is 0.329 e. The number of nitrogens with zero attached hydrogens (tertiary/aromatic N) is 1. The highest BCUT2D eigenvalue weighted by molar-refractivity contribution is 6.39. The van der Waals surface area contributed by atoms with E-state index in [4.69, 9.17) is 4.74 Å². The molecule has 3 aromatic carbocycles. The lowest BCUT2D eigenvalue weighted by molar-refractivity contribution is -0.136. The van der Waals surface area contributed by atoms with Gasteiger partial charge in [0, 0.05) is 16.9 Å². The predicted octanol–water partition coefficient (Wildman–Crippen LogP) is 4.28. The molecule has 0 spiro atoms. The van der Waals surface area contributed by atoms with Crippen LogP contribution in [0.4, 0.5) is 11.4 Å². The Morgan fingerprint density at radius 2 is 1.56 bits per heavy atom. The van der Waals surface area contributed by atoms with Gasteiger partial charge in [-0.2, -0.15) is 5.10 Å². The SMILES string of the molecule is CCc1ccccc1NC(=O)C(=O)N/N=C\c1ccccc1OCC(=O)Nc1c(C)cc(C)cc1C. The van der Waals surface area contributed by atoms with E-state index in [1.54, 1.807) is 36.4 Å². The summed E-state index contributed by atoms with van der Waals surface area (Å²) < 4.78 is 5.69. The number of aryl methyl sites for hydroxylation is 4. The second-order valence-corrected chi connectivity index (χ2v) is 8.31. The summed E-state index contributed by atoms with van der Waals surface area (Å²) in [5.74, 6) is -1.62. The maximum atomic E-state index is 12.5.